The zero-order chi connectivity index (χ0) is 13.2. The van der Waals surface area contributed by atoms with Crippen LogP contribution >= 0.6 is 11.6 Å². The number of hydrogen-bond acceptors (Lipinski definition) is 1. The van der Waals surface area contributed by atoms with E-state index in [1.807, 2.05) is 24.3 Å². The van der Waals surface area contributed by atoms with E-state index in [9.17, 15) is 0 Å². The van der Waals surface area contributed by atoms with Crippen LogP contribution in [-0.2, 0) is 6.54 Å². The lowest BCUT2D eigenvalue weighted by Crippen LogP contribution is -1.98. The minimum atomic E-state index is 0.788. The zero-order valence-electron chi connectivity index (χ0n) is 10.6. The molecule has 2 nitrogen and oxygen atoms in total. The van der Waals surface area contributed by atoms with Gasteiger partial charge in [-0.15, -0.1) is 0 Å². The third kappa shape index (κ3) is 2.32. The van der Waals surface area contributed by atoms with E-state index in [2.05, 4.69) is 35.0 Å². The molecule has 0 fully saturated rings. The summed E-state index contributed by atoms with van der Waals surface area (Å²) in [4.78, 5) is 0. The maximum absolute atomic E-state index is 6.28. The Kier molecular flexibility index (Phi) is 3.18. The van der Waals surface area contributed by atoms with Gasteiger partial charge in [0, 0.05) is 18.1 Å². The second-order valence-electron chi connectivity index (χ2n) is 4.47. The normalized spacial score (nSPS) is 10.8. The van der Waals surface area contributed by atoms with Crippen LogP contribution in [0.4, 0.5) is 0 Å². The molecule has 0 saturated heterocycles. The van der Waals surface area contributed by atoms with Crippen LogP contribution in [0.15, 0.2) is 54.7 Å². The van der Waals surface area contributed by atoms with Gasteiger partial charge in [0.1, 0.15) is 5.75 Å². The maximum Gasteiger partial charge on any atom is 0.118 e. The average molecular weight is 272 g/mol. The molecule has 96 valence electrons. The lowest BCUT2D eigenvalue weighted by Gasteiger charge is -2.08. The lowest BCUT2D eigenvalue weighted by molar-refractivity contribution is 0.414. The van der Waals surface area contributed by atoms with Crippen LogP contribution in [0.3, 0.4) is 0 Å². The van der Waals surface area contributed by atoms with Crippen molar-refractivity contribution in [3.63, 3.8) is 0 Å². The summed E-state index contributed by atoms with van der Waals surface area (Å²) in [6.07, 6.45) is 2.07. The topological polar surface area (TPSA) is 14.2 Å². The third-order valence-corrected chi connectivity index (χ3v) is 3.56. The van der Waals surface area contributed by atoms with Crippen LogP contribution in [0, 0.1) is 0 Å². The van der Waals surface area contributed by atoms with Crippen molar-refractivity contribution in [1.82, 2.24) is 4.57 Å². The van der Waals surface area contributed by atoms with Crippen LogP contribution in [0.1, 0.15) is 5.56 Å². The summed E-state index contributed by atoms with van der Waals surface area (Å²) >= 11 is 6.28. The molecular weight excluding hydrogens is 258 g/mol. The number of benzene rings is 2. The molecule has 0 atom stereocenters. The Labute approximate surface area is 117 Å². The SMILES string of the molecule is COc1ccc(Cn2ccc3cccc(Cl)c32)cc1. The van der Waals surface area contributed by atoms with E-state index in [1.54, 1.807) is 7.11 Å². The zero-order valence-corrected chi connectivity index (χ0v) is 11.4. The number of para-hydroxylation sites is 1. The number of rotatable bonds is 3. The van der Waals surface area contributed by atoms with Gasteiger partial charge in [0.2, 0.25) is 0 Å². The van der Waals surface area contributed by atoms with E-state index in [4.69, 9.17) is 16.3 Å². The number of ether oxygens (including phenoxy) is 1. The number of nitrogens with zero attached hydrogens (tertiary/aromatic N) is 1. The Morgan fingerprint density at radius 3 is 2.58 bits per heavy atom. The number of aromatic nitrogens is 1. The molecule has 19 heavy (non-hydrogen) atoms. The predicted octanol–water partition coefficient (Wildman–Crippen LogP) is 4.35. The van der Waals surface area contributed by atoms with Gasteiger partial charge in [-0.05, 0) is 29.8 Å². The Morgan fingerprint density at radius 2 is 1.84 bits per heavy atom. The number of fused-ring (bicyclic) bond motifs is 1. The molecule has 3 heteroatoms. The van der Waals surface area contributed by atoms with E-state index in [0.29, 0.717) is 0 Å². The van der Waals surface area contributed by atoms with Gasteiger partial charge >= 0.3 is 0 Å². The smallest absolute Gasteiger partial charge is 0.118 e. The molecule has 0 radical (unpaired) electrons. The standard InChI is InChI=1S/C16H14ClNO/c1-19-14-7-5-12(6-8-14)11-18-10-9-13-3-2-4-15(17)16(13)18/h2-10H,11H2,1H3. The van der Waals surface area contributed by atoms with Gasteiger partial charge in [0.05, 0.1) is 17.6 Å². The maximum atomic E-state index is 6.28. The van der Waals surface area contributed by atoms with Gasteiger partial charge in [-0.2, -0.15) is 0 Å². The Hall–Kier alpha value is -1.93. The van der Waals surface area contributed by atoms with Gasteiger partial charge < -0.3 is 9.30 Å². The molecule has 1 heterocycles. The quantitative estimate of drug-likeness (QED) is 0.691. The summed E-state index contributed by atoms with van der Waals surface area (Å²) in [6, 6.07) is 16.2. The number of methoxy groups -OCH3 is 1. The molecule has 0 aliphatic carbocycles. The highest BCUT2D eigenvalue weighted by Crippen LogP contribution is 2.25. The fourth-order valence-electron chi connectivity index (χ4n) is 2.27. The fraction of sp³-hybridized carbons (Fsp3) is 0.125. The second-order valence-corrected chi connectivity index (χ2v) is 4.88. The van der Waals surface area contributed by atoms with Crippen LogP contribution in [-0.4, -0.2) is 11.7 Å². The lowest BCUT2D eigenvalue weighted by atomic mass is 10.2. The molecule has 3 rings (SSSR count). The Balaban J connectivity index is 1.96. The predicted molar refractivity (Wildman–Crippen MR) is 79.0 cm³/mol. The largest absolute Gasteiger partial charge is 0.497 e. The van der Waals surface area contributed by atoms with Crippen molar-refractivity contribution in [2.24, 2.45) is 0 Å². The van der Waals surface area contributed by atoms with E-state index in [0.717, 1.165) is 22.8 Å². The van der Waals surface area contributed by atoms with Gasteiger partial charge in [-0.3, -0.25) is 0 Å². The van der Waals surface area contributed by atoms with E-state index < -0.39 is 0 Å². The van der Waals surface area contributed by atoms with E-state index in [1.165, 1.54) is 10.9 Å². The van der Waals surface area contributed by atoms with E-state index in [-0.39, 0.29) is 0 Å². The molecule has 3 aromatic rings. The van der Waals surface area contributed by atoms with Crippen LogP contribution in [0.5, 0.6) is 5.75 Å². The summed E-state index contributed by atoms with van der Waals surface area (Å²) < 4.78 is 7.33. The van der Waals surface area contributed by atoms with Crippen molar-refractivity contribution in [2.45, 2.75) is 6.54 Å². The molecule has 0 aliphatic heterocycles. The highest BCUT2D eigenvalue weighted by atomic mass is 35.5. The minimum Gasteiger partial charge on any atom is -0.497 e. The van der Waals surface area contributed by atoms with Crippen LogP contribution < -0.4 is 4.74 Å². The second kappa shape index (κ2) is 4.98. The molecular formula is C16H14ClNO. The van der Waals surface area contributed by atoms with Crippen LogP contribution in [0.2, 0.25) is 5.02 Å². The number of hydrogen-bond donors (Lipinski definition) is 0. The fourth-order valence-corrected chi connectivity index (χ4v) is 2.56. The van der Waals surface area contributed by atoms with Gasteiger partial charge in [0.15, 0.2) is 0 Å². The van der Waals surface area contributed by atoms with Gasteiger partial charge in [0.25, 0.3) is 0 Å². The molecule has 0 amide bonds. The van der Waals surface area contributed by atoms with E-state index >= 15 is 0 Å². The first-order chi connectivity index (χ1) is 9.28. The third-order valence-electron chi connectivity index (χ3n) is 3.25. The number of halogens is 1. The molecule has 0 saturated carbocycles. The van der Waals surface area contributed by atoms with Crippen molar-refractivity contribution in [3.05, 3.63) is 65.3 Å². The Morgan fingerprint density at radius 1 is 1.05 bits per heavy atom. The molecule has 0 bridgehead atoms. The van der Waals surface area contributed by atoms with Crippen molar-refractivity contribution in [1.29, 1.82) is 0 Å². The monoisotopic (exact) mass is 271 g/mol. The first-order valence-electron chi connectivity index (χ1n) is 6.14. The summed E-state index contributed by atoms with van der Waals surface area (Å²) in [7, 11) is 1.67. The van der Waals surface area contributed by atoms with Crippen molar-refractivity contribution in [2.75, 3.05) is 7.11 Å². The highest BCUT2D eigenvalue weighted by Gasteiger charge is 2.05. The summed E-state index contributed by atoms with van der Waals surface area (Å²) in [6.45, 7) is 0.803. The minimum absolute atomic E-state index is 0.788. The Bertz CT molecular complexity index is 700. The molecule has 0 spiro atoms. The molecule has 0 unspecified atom stereocenters. The molecule has 0 N–H and O–H groups in total. The molecule has 2 aromatic carbocycles. The highest BCUT2D eigenvalue weighted by molar-refractivity contribution is 6.35. The summed E-state index contributed by atoms with van der Waals surface area (Å²) in [5, 5.41) is 1.96. The summed E-state index contributed by atoms with van der Waals surface area (Å²) in [5.74, 6) is 0.874. The first kappa shape index (κ1) is 12.1. The van der Waals surface area contributed by atoms with Crippen molar-refractivity contribution in [3.8, 4) is 5.75 Å². The average Bonchev–Trinajstić information content (AvgIpc) is 2.84. The van der Waals surface area contributed by atoms with Gasteiger partial charge in [-0.1, -0.05) is 35.9 Å². The van der Waals surface area contributed by atoms with Crippen molar-refractivity contribution < 1.29 is 4.74 Å². The summed E-state index contributed by atoms with van der Waals surface area (Å²) in [5.41, 5.74) is 2.30. The van der Waals surface area contributed by atoms with Crippen LogP contribution in [0.25, 0.3) is 10.9 Å². The molecule has 1 aromatic heterocycles. The molecule has 0 aliphatic rings. The van der Waals surface area contributed by atoms with Crippen molar-refractivity contribution >= 4 is 22.5 Å². The first-order valence-corrected chi connectivity index (χ1v) is 6.52. The van der Waals surface area contributed by atoms with Gasteiger partial charge in [-0.25, -0.2) is 0 Å².